The molecule has 0 bridgehead atoms. The Labute approximate surface area is 149 Å². The van der Waals surface area contributed by atoms with Crippen molar-refractivity contribution in [1.29, 1.82) is 0 Å². The quantitative estimate of drug-likeness (QED) is 0.557. The van der Waals surface area contributed by atoms with Crippen LogP contribution in [-0.2, 0) is 10.9 Å². The summed E-state index contributed by atoms with van der Waals surface area (Å²) in [5.41, 5.74) is -2.78. The summed E-state index contributed by atoms with van der Waals surface area (Å²) in [7, 11) is 0. The van der Waals surface area contributed by atoms with E-state index in [1.807, 2.05) is 0 Å². The van der Waals surface area contributed by atoms with E-state index in [1.165, 1.54) is 6.92 Å². The Morgan fingerprint density at radius 2 is 1.85 bits per heavy atom. The maximum Gasteiger partial charge on any atom is 0.573 e. The van der Waals surface area contributed by atoms with Gasteiger partial charge in [0.25, 0.3) is 0 Å². The number of carbonyl (C=O) groups is 1. The minimum atomic E-state index is -5.34. The van der Waals surface area contributed by atoms with Crippen molar-refractivity contribution in [2.45, 2.75) is 19.5 Å². The molecule has 0 saturated heterocycles. The molecule has 1 aromatic heterocycles. The first-order valence-corrected chi connectivity index (χ1v) is 7.48. The zero-order valence-electron chi connectivity index (χ0n) is 12.6. The van der Waals surface area contributed by atoms with Crippen LogP contribution in [0.3, 0.4) is 0 Å². The van der Waals surface area contributed by atoms with Gasteiger partial charge < -0.3 is 9.47 Å². The van der Waals surface area contributed by atoms with Crippen molar-refractivity contribution >= 4 is 21.9 Å². The highest BCUT2D eigenvalue weighted by atomic mass is 79.9. The number of hydrogen-bond acceptors (Lipinski definition) is 5. The average molecular weight is 448 g/mol. The molecule has 1 heterocycles. The molecule has 0 saturated carbocycles. The number of benzene rings is 1. The molecule has 0 atom stereocenters. The van der Waals surface area contributed by atoms with E-state index >= 15 is 0 Å². The zero-order valence-corrected chi connectivity index (χ0v) is 14.2. The van der Waals surface area contributed by atoms with E-state index in [2.05, 4.69) is 36.1 Å². The van der Waals surface area contributed by atoms with Crippen molar-refractivity contribution in [2.75, 3.05) is 6.61 Å². The van der Waals surface area contributed by atoms with Crippen molar-refractivity contribution in [3.05, 3.63) is 27.9 Å². The Morgan fingerprint density at radius 3 is 2.38 bits per heavy atom. The van der Waals surface area contributed by atoms with Gasteiger partial charge in [0.15, 0.2) is 11.4 Å². The van der Waals surface area contributed by atoms with E-state index in [1.54, 1.807) is 0 Å². The molecule has 1 aromatic carbocycles. The van der Waals surface area contributed by atoms with E-state index < -0.39 is 40.0 Å². The fourth-order valence-electron chi connectivity index (χ4n) is 1.93. The van der Waals surface area contributed by atoms with Crippen molar-refractivity contribution < 1.29 is 40.6 Å². The minimum Gasteiger partial charge on any atom is -0.461 e. The summed E-state index contributed by atoms with van der Waals surface area (Å²) >= 11 is 2.62. The molecule has 0 radical (unpaired) electrons. The van der Waals surface area contributed by atoms with Crippen LogP contribution < -0.4 is 4.74 Å². The molecule has 142 valence electrons. The summed E-state index contributed by atoms with van der Waals surface area (Å²) in [5.74, 6) is -2.42. The third-order valence-electron chi connectivity index (χ3n) is 2.86. The lowest BCUT2D eigenvalue weighted by molar-refractivity contribution is -0.276. The topological polar surface area (TPSA) is 77.1 Å². The third-order valence-corrected chi connectivity index (χ3v) is 3.45. The second-order valence-corrected chi connectivity index (χ2v) is 5.48. The number of nitrogens with zero attached hydrogens (tertiary/aromatic N) is 2. The number of nitrogens with one attached hydrogen (secondary N) is 1. The highest BCUT2D eigenvalue weighted by molar-refractivity contribution is 9.10. The number of carbonyl (C=O) groups excluding carboxylic acids is 1. The number of ether oxygens (including phenoxy) is 2. The van der Waals surface area contributed by atoms with Gasteiger partial charge in [-0.3, -0.25) is 0 Å². The number of alkyl halides is 6. The van der Waals surface area contributed by atoms with Crippen LogP contribution in [0.5, 0.6) is 5.75 Å². The molecule has 2 aromatic rings. The van der Waals surface area contributed by atoms with Gasteiger partial charge in [0.1, 0.15) is 5.69 Å². The van der Waals surface area contributed by atoms with Crippen molar-refractivity contribution in [3.8, 4) is 17.0 Å². The Kier molecular flexibility index (Phi) is 5.49. The molecule has 26 heavy (non-hydrogen) atoms. The number of hydrogen-bond donors (Lipinski definition) is 1. The van der Waals surface area contributed by atoms with Gasteiger partial charge in [0, 0.05) is 5.56 Å². The van der Waals surface area contributed by atoms with Gasteiger partial charge in [-0.1, -0.05) is 0 Å². The van der Waals surface area contributed by atoms with Crippen LogP contribution in [0.4, 0.5) is 26.3 Å². The summed E-state index contributed by atoms with van der Waals surface area (Å²) in [5, 5.41) is 9.12. The van der Waals surface area contributed by atoms with Gasteiger partial charge in [0.05, 0.1) is 16.6 Å². The lowest BCUT2D eigenvalue weighted by Gasteiger charge is -2.18. The third kappa shape index (κ3) is 4.45. The molecule has 0 fully saturated rings. The standard InChI is InChI=1S/C13H8BrF6N3O3/c1-2-25-11(24)9-8(21-23-22-9)5-3-6(12(15,16)17)10(7(14)4-5)26-13(18,19)20/h3-4H,2H2,1H3,(H,21,22,23). The van der Waals surface area contributed by atoms with Gasteiger partial charge in [-0.05, 0) is 35.0 Å². The molecular formula is C13H8BrF6N3O3. The van der Waals surface area contributed by atoms with E-state index in [-0.39, 0.29) is 17.9 Å². The maximum atomic E-state index is 13.2. The first kappa shape index (κ1) is 20.0. The fraction of sp³-hybridized carbons (Fsp3) is 0.308. The van der Waals surface area contributed by atoms with Crippen LogP contribution in [0.1, 0.15) is 23.0 Å². The fourth-order valence-corrected chi connectivity index (χ4v) is 2.48. The Morgan fingerprint density at radius 1 is 1.19 bits per heavy atom. The summed E-state index contributed by atoms with van der Waals surface area (Å²) in [6.45, 7) is 1.47. The predicted molar refractivity (Wildman–Crippen MR) is 77.2 cm³/mol. The number of halogens is 7. The molecular weight excluding hydrogens is 440 g/mol. The van der Waals surface area contributed by atoms with Crippen molar-refractivity contribution in [3.63, 3.8) is 0 Å². The van der Waals surface area contributed by atoms with Crippen LogP contribution in [-0.4, -0.2) is 34.3 Å². The Bertz CT molecular complexity index is 818. The van der Waals surface area contributed by atoms with Gasteiger partial charge in [-0.15, -0.1) is 18.3 Å². The molecule has 13 heteroatoms. The normalized spacial score (nSPS) is 12.2. The Hall–Kier alpha value is -2.31. The molecule has 0 aliphatic carbocycles. The minimum absolute atomic E-state index is 0.0268. The number of aromatic nitrogens is 3. The molecule has 0 amide bonds. The smallest absolute Gasteiger partial charge is 0.461 e. The largest absolute Gasteiger partial charge is 0.573 e. The highest BCUT2D eigenvalue weighted by Gasteiger charge is 2.41. The lowest BCUT2D eigenvalue weighted by Crippen LogP contribution is -2.20. The molecule has 6 nitrogen and oxygen atoms in total. The molecule has 1 N–H and O–H groups in total. The molecule has 0 aliphatic rings. The van der Waals surface area contributed by atoms with Gasteiger partial charge in [-0.2, -0.15) is 23.5 Å². The van der Waals surface area contributed by atoms with E-state index in [4.69, 9.17) is 4.74 Å². The summed E-state index contributed by atoms with van der Waals surface area (Å²) in [4.78, 5) is 11.8. The van der Waals surface area contributed by atoms with Crippen LogP contribution in [0, 0.1) is 0 Å². The lowest BCUT2D eigenvalue weighted by atomic mass is 10.1. The van der Waals surface area contributed by atoms with Gasteiger partial charge >= 0.3 is 18.5 Å². The van der Waals surface area contributed by atoms with Crippen LogP contribution >= 0.6 is 15.9 Å². The first-order valence-electron chi connectivity index (χ1n) is 6.68. The van der Waals surface area contributed by atoms with Crippen LogP contribution in [0.25, 0.3) is 11.3 Å². The van der Waals surface area contributed by atoms with Crippen molar-refractivity contribution in [1.82, 2.24) is 15.4 Å². The van der Waals surface area contributed by atoms with Gasteiger partial charge in [0.2, 0.25) is 0 Å². The van der Waals surface area contributed by atoms with Crippen LogP contribution in [0.15, 0.2) is 16.6 Å². The molecule has 0 aliphatic heterocycles. The van der Waals surface area contributed by atoms with E-state index in [9.17, 15) is 31.1 Å². The summed E-state index contributed by atoms with van der Waals surface area (Å²) in [6.07, 6.45) is -10.5. The average Bonchev–Trinajstić information content (AvgIpc) is 2.96. The number of esters is 1. The number of aromatic amines is 1. The molecule has 0 unspecified atom stereocenters. The van der Waals surface area contributed by atoms with E-state index in [0.29, 0.717) is 6.07 Å². The zero-order chi connectivity index (χ0) is 19.7. The van der Waals surface area contributed by atoms with Gasteiger partial charge in [-0.25, -0.2) is 4.79 Å². The maximum absolute atomic E-state index is 13.2. The second-order valence-electron chi connectivity index (χ2n) is 4.62. The predicted octanol–water partition coefficient (Wildman–Crippen LogP) is 4.33. The molecule has 2 rings (SSSR count). The number of H-pyrrole nitrogens is 1. The Balaban J connectivity index is 2.62. The molecule has 0 spiro atoms. The van der Waals surface area contributed by atoms with E-state index in [0.717, 1.165) is 6.07 Å². The SMILES string of the molecule is CCOC(=O)c1n[nH]nc1-c1cc(Br)c(OC(F)(F)F)c(C(F)(F)F)c1. The monoisotopic (exact) mass is 447 g/mol. The number of rotatable bonds is 4. The van der Waals surface area contributed by atoms with Crippen molar-refractivity contribution in [2.24, 2.45) is 0 Å². The summed E-state index contributed by atoms with van der Waals surface area (Å²) in [6, 6.07) is 1.25. The second kappa shape index (κ2) is 7.13. The highest BCUT2D eigenvalue weighted by Crippen LogP contribution is 2.45. The van der Waals surface area contributed by atoms with Crippen LogP contribution in [0.2, 0.25) is 0 Å². The summed E-state index contributed by atoms with van der Waals surface area (Å²) < 4.78 is 84.4. The first-order chi connectivity index (χ1) is 11.9.